The number of nitrogens with one attached hydrogen (secondary N) is 1. The molecule has 4 nitrogen and oxygen atoms in total. The Kier molecular flexibility index (Phi) is 4.36. The van der Waals surface area contributed by atoms with Crippen LogP contribution in [0.3, 0.4) is 0 Å². The van der Waals surface area contributed by atoms with E-state index in [2.05, 4.69) is 15.5 Å². The van der Waals surface area contributed by atoms with E-state index in [1.165, 1.54) is 0 Å². The highest BCUT2D eigenvalue weighted by molar-refractivity contribution is 5.05. The van der Waals surface area contributed by atoms with Crippen molar-refractivity contribution in [1.82, 2.24) is 15.5 Å². The first-order valence-electron chi connectivity index (χ1n) is 6.89. The first-order chi connectivity index (χ1) is 9.29. The van der Waals surface area contributed by atoms with Crippen molar-refractivity contribution in [1.29, 1.82) is 0 Å². The summed E-state index contributed by atoms with van der Waals surface area (Å²) in [6, 6.07) is 0. The third-order valence-electron chi connectivity index (χ3n) is 3.97. The molecule has 0 amide bonds. The number of piperidine rings is 1. The van der Waals surface area contributed by atoms with Crippen LogP contribution in [0.4, 0.5) is 13.2 Å². The Morgan fingerprint density at radius 1 is 1.35 bits per heavy atom. The molecule has 114 valence electrons. The number of aryl methyl sites for hydroxylation is 1. The van der Waals surface area contributed by atoms with Gasteiger partial charge in [0.25, 0.3) is 0 Å². The highest BCUT2D eigenvalue weighted by atomic mass is 19.4. The molecule has 1 aliphatic heterocycles. The highest BCUT2D eigenvalue weighted by Crippen LogP contribution is 2.34. The fraction of sp³-hybridized carbons (Fsp3) is 0.846. The second-order valence-electron chi connectivity index (χ2n) is 5.90. The topological polar surface area (TPSA) is 51.0 Å². The molecule has 0 aromatic carbocycles. The smallest absolute Gasteiger partial charge is 0.339 e. The molecule has 0 aliphatic carbocycles. The van der Waals surface area contributed by atoms with Crippen LogP contribution in [0.5, 0.6) is 0 Å². The average molecular weight is 291 g/mol. The second-order valence-corrected chi connectivity index (χ2v) is 5.90. The summed E-state index contributed by atoms with van der Waals surface area (Å²) in [6.45, 7) is 5.89. The van der Waals surface area contributed by atoms with Crippen molar-refractivity contribution in [2.75, 3.05) is 13.1 Å². The maximum Gasteiger partial charge on any atom is 0.389 e. The van der Waals surface area contributed by atoms with Gasteiger partial charge in [0.15, 0.2) is 5.82 Å². The number of alkyl halides is 3. The Morgan fingerprint density at radius 3 is 2.70 bits per heavy atom. The van der Waals surface area contributed by atoms with Crippen LogP contribution < -0.4 is 5.32 Å². The Labute approximate surface area is 116 Å². The molecule has 1 aromatic heterocycles. The Balaban J connectivity index is 2.03. The number of hydrogen-bond acceptors (Lipinski definition) is 4. The molecule has 1 fully saturated rings. The zero-order valence-electron chi connectivity index (χ0n) is 11.8. The number of rotatable bonds is 4. The van der Waals surface area contributed by atoms with Crippen LogP contribution in [-0.4, -0.2) is 29.4 Å². The lowest BCUT2D eigenvalue weighted by molar-refractivity contribution is -0.134. The van der Waals surface area contributed by atoms with E-state index in [0.29, 0.717) is 11.8 Å². The SMILES string of the molecule is CC(C)(c1nc(CCC(F)(F)F)no1)C1CCCNC1. The number of nitrogens with zero attached hydrogens (tertiary/aromatic N) is 2. The molecular formula is C13H20F3N3O. The summed E-state index contributed by atoms with van der Waals surface area (Å²) in [7, 11) is 0. The molecule has 0 saturated carbocycles. The molecule has 1 aromatic rings. The van der Waals surface area contributed by atoms with Gasteiger partial charge in [-0.25, -0.2) is 0 Å². The third kappa shape index (κ3) is 3.71. The van der Waals surface area contributed by atoms with Crippen LogP contribution in [0.1, 0.15) is 44.8 Å². The highest BCUT2D eigenvalue weighted by Gasteiger charge is 2.37. The van der Waals surface area contributed by atoms with Gasteiger partial charge in [0, 0.05) is 11.8 Å². The molecule has 7 heteroatoms. The van der Waals surface area contributed by atoms with Crippen LogP contribution >= 0.6 is 0 Å². The molecule has 2 rings (SSSR count). The Bertz CT molecular complexity index is 436. The zero-order valence-corrected chi connectivity index (χ0v) is 11.8. The molecule has 2 heterocycles. The average Bonchev–Trinajstić information content (AvgIpc) is 2.86. The van der Waals surface area contributed by atoms with Gasteiger partial charge in [-0.3, -0.25) is 0 Å². The molecule has 1 atom stereocenters. The summed E-state index contributed by atoms with van der Waals surface area (Å²) in [5.74, 6) is 0.921. The summed E-state index contributed by atoms with van der Waals surface area (Å²) in [6.07, 6.45) is -3.20. The molecule has 1 N–H and O–H groups in total. The van der Waals surface area contributed by atoms with Gasteiger partial charge in [0.05, 0.1) is 6.42 Å². The summed E-state index contributed by atoms with van der Waals surface area (Å²) in [4.78, 5) is 4.15. The number of hydrogen-bond donors (Lipinski definition) is 1. The monoisotopic (exact) mass is 291 g/mol. The van der Waals surface area contributed by atoms with Crippen molar-refractivity contribution in [3.8, 4) is 0 Å². The lowest BCUT2D eigenvalue weighted by atomic mass is 9.75. The maximum atomic E-state index is 12.2. The molecular weight excluding hydrogens is 271 g/mol. The predicted octanol–water partition coefficient (Wildman–Crippen LogP) is 2.84. The first-order valence-corrected chi connectivity index (χ1v) is 6.89. The van der Waals surface area contributed by atoms with Crippen molar-refractivity contribution in [2.45, 2.75) is 51.1 Å². The molecule has 1 aliphatic rings. The maximum absolute atomic E-state index is 12.2. The van der Waals surface area contributed by atoms with Gasteiger partial charge in [0.2, 0.25) is 5.89 Å². The van der Waals surface area contributed by atoms with E-state index in [0.717, 1.165) is 25.9 Å². The van der Waals surface area contributed by atoms with E-state index >= 15 is 0 Å². The van der Waals surface area contributed by atoms with Crippen LogP contribution in [0.25, 0.3) is 0 Å². The van der Waals surface area contributed by atoms with Crippen molar-refractivity contribution in [3.63, 3.8) is 0 Å². The van der Waals surface area contributed by atoms with Gasteiger partial charge in [-0.05, 0) is 31.8 Å². The van der Waals surface area contributed by atoms with Crippen LogP contribution in [0.15, 0.2) is 4.52 Å². The fourth-order valence-corrected chi connectivity index (χ4v) is 2.51. The molecule has 1 unspecified atom stereocenters. The Hall–Kier alpha value is -1.11. The molecule has 0 radical (unpaired) electrons. The largest absolute Gasteiger partial charge is 0.389 e. The molecule has 0 bridgehead atoms. The van der Waals surface area contributed by atoms with Crippen molar-refractivity contribution >= 4 is 0 Å². The minimum Gasteiger partial charge on any atom is -0.339 e. The van der Waals surface area contributed by atoms with Crippen LogP contribution in [0, 0.1) is 5.92 Å². The quantitative estimate of drug-likeness (QED) is 0.926. The van der Waals surface area contributed by atoms with E-state index < -0.39 is 12.6 Å². The van der Waals surface area contributed by atoms with Crippen molar-refractivity contribution in [3.05, 3.63) is 11.7 Å². The Morgan fingerprint density at radius 2 is 2.10 bits per heavy atom. The summed E-state index contributed by atoms with van der Waals surface area (Å²) < 4.78 is 41.7. The summed E-state index contributed by atoms with van der Waals surface area (Å²) in [5.41, 5.74) is -0.323. The van der Waals surface area contributed by atoms with Crippen molar-refractivity contribution < 1.29 is 17.7 Å². The van der Waals surface area contributed by atoms with Gasteiger partial charge in [0.1, 0.15) is 0 Å². The summed E-state index contributed by atoms with van der Waals surface area (Å²) in [5, 5.41) is 7.00. The second kappa shape index (κ2) is 5.71. The van der Waals surface area contributed by atoms with Gasteiger partial charge >= 0.3 is 6.18 Å². The first kappa shape index (κ1) is 15.3. The number of aromatic nitrogens is 2. The standard InChI is InChI=1S/C13H20F3N3O/c1-12(2,9-4-3-7-17-8-9)11-18-10(19-20-11)5-6-13(14,15)16/h9,17H,3-8H2,1-2H3. The van der Waals surface area contributed by atoms with E-state index in [9.17, 15) is 13.2 Å². The van der Waals surface area contributed by atoms with Gasteiger partial charge in [-0.15, -0.1) is 0 Å². The van der Waals surface area contributed by atoms with Crippen LogP contribution in [-0.2, 0) is 11.8 Å². The minimum absolute atomic E-state index is 0.133. The molecule has 20 heavy (non-hydrogen) atoms. The zero-order chi connectivity index (χ0) is 14.8. The van der Waals surface area contributed by atoms with E-state index in [4.69, 9.17) is 4.52 Å². The van der Waals surface area contributed by atoms with Crippen LogP contribution in [0.2, 0.25) is 0 Å². The fourth-order valence-electron chi connectivity index (χ4n) is 2.51. The molecule has 1 saturated heterocycles. The van der Waals surface area contributed by atoms with E-state index in [-0.39, 0.29) is 17.7 Å². The third-order valence-corrected chi connectivity index (χ3v) is 3.97. The molecule has 0 spiro atoms. The normalized spacial score (nSPS) is 21.1. The predicted molar refractivity (Wildman–Crippen MR) is 67.3 cm³/mol. The minimum atomic E-state index is -4.19. The van der Waals surface area contributed by atoms with E-state index in [1.807, 2.05) is 13.8 Å². The number of halogens is 3. The van der Waals surface area contributed by atoms with Gasteiger partial charge in [-0.1, -0.05) is 19.0 Å². The van der Waals surface area contributed by atoms with E-state index in [1.54, 1.807) is 0 Å². The lowest BCUT2D eigenvalue weighted by Gasteiger charge is -2.34. The van der Waals surface area contributed by atoms with Gasteiger partial charge in [-0.2, -0.15) is 18.2 Å². The van der Waals surface area contributed by atoms with Gasteiger partial charge < -0.3 is 9.84 Å². The van der Waals surface area contributed by atoms with Crippen molar-refractivity contribution in [2.24, 2.45) is 5.92 Å². The lowest BCUT2D eigenvalue weighted by Crippen LogP contribution is -2.40. The summed E-state index contributed by atoms with van der Waals surface area (Å²) >= 11 is 0.